The van der Waals surface area contributed by atoms with Gasteiger partial charge in [-0.25, -0.2) is 0 Å². The van der Waals surface area contributed by atoms with Crippen LogP contribution in [0.2, 0.25) is 0 Å². The summed E-state index contributed by atoms with van der Waals surface area (Å²) < 4.78 is 1.18. The van der Waals surface area contributed by atoms with Gasteiger partial charge in [0, 0.05) is 10.4 Å². The maximum Gasteiger partial charge on any atom is 0.303 e. The van der Waals surface area contributed by atoms with Gasteiger partial charge in [-0.15, -0.1) is 24.0 Å². The van der Waals surface area contributed by atoms with Gasteiger partial charge in [0.2, 0.25) is 0 Å². The highest BCUT2D eigenvalue weighted by Gasteiger charge is 2.21. The first kappa shape index (κ1) is 9.29. The first-order valence-corrected chi connectivity index (χ1v) is 5.02. The summed E-state index contributed by atoms with van der Waals surface area (Å²) in [5.74, 6) is 0. The number of nitrogen functional groups attached to an aromatic ring is 1. The molecule has 2 rings (SSSR count). The molecule has 0 aliphatic heterocycles. The van der Waals surface area contributed by atoms with Crippen LogP contribution in [-0.4, -0.2) is 4.92 Å². The normalized spacial score (nSPS) is 10.6. The Kier molecular flexibility index (Phi) is 2.09. The van der Waals surface area contributed by atoms with Crippen molar-refractivity contribution in [1.29, 1.82) is 0 Å². The molecule has 0 fully saturated rings. The van der Waals surface area contributed by atoms with Crippen LogP contribution < -0.4 is 5.73 Å². The van der Waals surface area contributed by atoms with Crippen molar-refractivity contribution in [3.05, 3.63) is 28.3 Å². The lowest BCUT2D eigenvalue weighted by Gasteiger charge is -1.94. The average Bonchev–Trinajstić information content (AvgIpc) is 2.42. The molecule has 14 heavy (non-hydrogen) atoms. The van der Waals surface area contributed by atoms with E-state index in [-0.39, 0.29) is 5.69 Å². The van der Waals surface area contributed by atoms with E-state index in [0.29, 0.717) is 15.3 Å². The van der Waals surface area contributed by atoms with E-state index >= 15 is 0 Å². The van der Waals surface area contributed by atoms with Crippen molar-refractivity contribution in [1.82, 2.24) is 0 Å². The van der Waals surface area contributed by atoms with Crippen molar-refractivity contribution in [3.8, 4) is 0 Å². The highest BCUT2D eigenvalue weighted by molar-refractivity contribution is 7.83. The van der Waals surface area contributed by atoms with E-state index in [1.807, 2.05) is 0 Å². The van der Waals surface area contributed by atoms with Crippen LogP contribution in [0.4, 0.5) is 11.4 Å². The van der Waals surface area contributed by atoms with E-state index in [0.717, 1.165) is 4.70 Å². The Morgan fingerprint density at radius 2 is 2.21 bits per heavy atom. The van der Waals surface area contributed by atoms with Gasteiger partial charge < -0.3 is 5.73 Å². The molecule has 1 aromatic carbocycles. The van der Waals surface area contributed by atoms with Crippen LogP contribution in [0.1, 0.15) is 0 Å². The molecule has 0 amide bonds. The zero-order valence-corrected chi connectivity index (χ0v) is 8.64. The van der Waals surface area contributed by atoms with Crippen molar-refractivity contribution in [2.24, 2.45) is 0 Å². The summed E-state index contributed by atoms with van der Waals surface area (Å²) in [4.78, 5) is 10.3. The predicted molar refractivity (Wildman–Crippen MR) is 60.1 cm³/mol. The summed E-state index contributed by atoms with van der Waals surface area (Å²) in [6.45, 7) is 0. The summed E-state index contributed by atoms with van der Waals surface area (Å²) >= 11 is 5.33. The lowest BCUT2D eigenvalue weighted by molar-refractivity contribution is -0.385. The Morgan fingerprint density at radius 3 is 2.86 bits per heavy atom. The highest BCUT2D eigenvalue weighted by Crippen LogP contribution is 2.42. The summed E-state index contributed by atoms with van der Waals surface area (Å²) in [5.41, 5.74) is 6.10. The van der Waals surface area contributed by atoms with Crippen molar-refractivity contribution in [2.45, 2.75) is 4.21 Å². The molecule has 1 heterocycles. The SMILES string of the molecule is Nc1cccc2sc(S)c([N+](=O)[O-])c12. The first-order valence-electron chi connectivity index (χ1n) is 3.75. The average molecular weight is 226 g/mol. The summed E-state index contributed by atoms with van der Waals surface area (Å²) in [5, 5.41) is 11.2. The van der Waals surface area contributed by atoms with Gasteiger partial charge in [0.25, 0.3) is 0 Å². The molecule has 0 spiro atoms. The molecule has 72 valence electrons. The fourth-order valence-corrected chi connectivity index (χ4v) is 2.75. The maximum atomic E-state index is 10.8. The maximum absolute atomic E-state index is 10.8. The smallest absolute Gasteiger partial charge is 0.303 e. The number of rotatable bonds is 1. The van der Waals surface area contributed by atoms with Crippen molar-refractivity contribution >= 4 is 45.4 Å². The number of nitro groups is 1. The number of nitrogens with two attached hydrogens (primary N) is 1. The van der Waals surface area contributed by atoms with Crippen LogP contribution in [0.15, 0.2) is 22.4 Å². The number of nitrogens with zero attached hydrogens (tertiary/aromatic N) is 1. The van der Waals surface area contributed by atoms with Crippen LogP contribution in [0.5, 0.6) is 0 Å². The van der Waals surface area contributed by atoms with E-state index < -0.39 is 4.92 Å². The van der Waals surface area contributed by atoms with Gasteiger partial charge in [-0.3, -0.25) is 10.1 Å². The van der Waals surface area contributed by atoms with Crippen LogP contribution in [0.3, 0.4) is 0 Å². The van der Waals surface area contributed by atoms with Gasteiger partial charge in [0.15, 0.2) is 0 Å². The number of fused-ring (bicyclic) bond motifs is 1. The molecule has 0 radical (unpaired) electrons. The van der Waals surface area contributed by atoms with Crippen LogP contribution in [0, 0.1) is 10.1 Å². The topological polar surface area (TPSA) is 69.2 Å². The fourth-order valence-electron chi connectivity index (χ4n) is 1.32. The minimum absolute atomic E-state index is 0.00596. The van der Waals surface area contributed by atoms with E-state index in [9.17, 15) is 10.1 Å². The van der Waals surface area contributed by atoms with E-state index in [1.54, 1.807) is 18.2 Å². The van der Waals surface area contributed by atoms with Gasteiger partial charge >= 0.3 is 5.69 Å². The molecule has 0 aliphatic carbocycles. The standard InChI is InChI=1S/C8H6N2O2S2/c9-4-2-1-3-5-6(4)7(10(11)12)8(13)14-5/h1-3,13H,9H2. The Balaban J connectivity index is 2.93. The lowest BCUT2D eigenvalue weighted by Crippen LogP contribution is -1.90. The number of anilines is 1. The third-order valence-electron chi connectivity index (χ3n) is 1.89. The van der Waals surface area contributed by atoms with Crippen molar-refractivity contribution in [2.75, 3.05) is 5.73 Å². The largest absolute Gasteiger partial charge is 0.398 e. The quantitative estimate of drug-likeness (QED) is 0.340. The second kappa shape index (κ2) is 3.14. The van der Waals surface area contributed by atoms with Crippen LogP contribution in [-0.2, 0) is 0 Å². The van der Waals surface area contributed by atoms with Gasteiger partial charge in [-0.1, -0.05) is 6.07 Å². The molecule has 0 unspecified atom stereocenters. The van der Waals surface area contributed by atoms with Crippen LogP contribution in [0.25, 0.3) is 10.1 Å². The predicted octanol–water partition coefficient (Wildman–Crippen LogP) is 2.68. The van der Waals surface area contributed by atoms with Crippen molar-refractivity contribution in [3.63, 3.8) is 0 Å². The summed E-state index contributed by atoms with van der Waals surface area (Å²) in [7, 11) is 0. The molecule has 4 nitrogen and oxygen atoms in total. The zero-order chi connectivity index (χ0) is 10.3. The highest BCUT2D eigenvalue weighted by atomic mass is 32.2. The molecule has 0 aliphatic rings. The minimum Gasteiger partial charge on any atom is -0.398 e. The molecule has 6 heteroatoms. The molecule has 2 aromatic rings. The molecule has 2 N–H and O–H groups in total. The molecule has 0 bridgehead atoms. The van der Waals surface area contributed by atoms with E-state index in [1.165, 1.54) is 11.3 Å². The number of thiol groups is 1. The Morgan fingerprint density at radius 1 is 1.50 bits per heavy atom. The molecular weight excluding hydrogens is 220 g/mol. The Hall–Kier alpha value is -1.27. The number of benzene rings is 1. The molecule has 1 aromatic heterocycles. The Labute approximate surface area is 88.9 Å². The molecule has 0 saturated heterocycles. The monoisotopic (exact) mass is 226 g/mol. The Bertz CT molecular complexity index is 521. The summed E-state index contributed by atoms with van der Waals surface area (Å²) in [6.07, 6.45) is 0. The fraction of sp³-hybridized carbons (Fsp3) is 0. The minimum atomic E-state index is -0.447. The van der Waals surface area contributed by atoms with Crippen LogP contribution >= 0.6 is 24.0 Å². The molecule has 0 saturated carbocycles. The zero-order valence-electron chi connectivity index (χ0n) is 6.93. The second-order valence-corrected chi connectivity index (χ2v) is 4.54. The van der Waals surface area contributed by atoms with E-state index in [4.69, 9.17) is 5.73 Å². The van der Waals surface area contributed by atoms with Gasteiger partial charge in [0.05, 0.1) is 10.3 Å². The van der Waals surface area contributed by atoms with Gasteiger partial charge in [-0.05, 0) is 12.1 Å². The van der Waals surface area contributed by atoms with Gasteiger partial charge in [-0.2, -0.15) is 0 Å². The van der Waals surface area contributed by atoms with Crippen molar-refractivity contribution < 1.29 is 4.92 Å². The number of hydrogen-bond acceptors (Lipinski definition) is 5. The first-order chi connectivity index (χ1) is 6.61. The number of hydrogen-bond donors (Lipinski definition) is 2. The summed E-state index contributed by atoms with van der Waals surface area (Å²) in [6, 6.07) is 5.21. The molecule has 0 atom stereocenters. The third kappa shape index (κ3) is 1.23. The second-order valence-electron chi connectivity index (χ2n) is 2.73. The van der Waals surface area contributed by atoms with Gasteiger partial charge in [0.1, 0.15) is 4.21 Å². The molecular formula is C8H6N2O2S2. The number of thiophene rings is 1. The third-order valence-corrected chi connectivity index (χ3v) is 3.32. The van der Waals surface area contributed by atoms with E-state index in [2.05, 4.69) is 12.6 Å². The lowest BCUT2D eigenvalue weighted by atomic mass is 10.2.